The SMILES string of the molecule is CN1CCC(CC(=O)Nc2ccc(F)c(F)c2F)C1. The summed E-state index contributed by atoms with van der Waals surface area (Å²) in [4.78, 5) is 13.8. The Labute approximate surface area is 109 Å². The number of anilines is 1. The molecule has 2 rings (SSSR count). The molecule has 1 amide bonds. The van der Waals surface area contributed by atoms with Gasteiger partial charge in [0.05, 0.1) is 5.69 Å². The van der Waals surface area contributed by atoms with Crippen LogP contribution in [0, 0.1) is 23.4 Å². The third-order valence-electron chi connectivity index (χ3n) is 3.27. The molecule has 1 aliphatic heterocycles. The predicted octanol–water partition coefficient (Wildman–Crippen LogP) is 2.38. The first kappa shape index (κ1) is 13.9. The van der Waals surface area contributed by atoms with Crippen molar-refractivity contribution in [2.45, 2.75) is 12.8 Å². The molecule has 1 fully saturated rings. The molecule has 0 saturated carbocycles. The third kappa shape index (κ3) is 3.26. The van der Waals surface area contributed by atoms with E-state index < -0.39 is 17.5 Å². The Kier molecular flexibility index (Phi) is 4.09. The number of likely N-dealkylation sites (tertiary alicyclic amines) is 1. The number of benzene rings is 1. The molecular weight excluding hydrogens is 257 g/mol. The monoisotopic (exact) mass is 272 g/mol. The molecule has 1 heterocycles. The fraction of sp³-hybridized carbons (Fsp3) is 0.462. The van der Waals surface area contributed by atoms with Crippen molar-refractivity contribution in [2.24, 2.45) is 5.92 Å². The molecule has 0 aromatic heterocycles. The average Bonchev–Trinajstić information content (AvgIpc) is 2.75. The van der Waals surface area contributed by atoms with Crippen molar-refractivity contribution in [2.75, 3.05) is 25.5 Å². The number of rotatable bonds is 3. The van der Waals surface area contributed by atoms with Crippen molar-refractivity contribution in [3.63, 3.8) is 0 Å². The van der Waals surface area contributed by atoms with E-state index in [1.54, 1.807) is 0 Å². The van der Waals surface area contributed by atoms with Crippen molar-refractivity contribution < 1.29 is 18.0 Å². The molecule has 1 aliphatic rings. The molecule has 1 N–H and O–H groups in total. The van der Waals surface area contributed by atoms with E-state index in [0.717, 1.165) is 31.6 Å². The van der Waals surface area contributed by atoms with Gasteiger partial charge in [0, 0.05) is 13.0 Å². The summed E-state index contributed by atoms with van der Waals surface area (Å²) >= 11 is 0. The molecule has 1 unspecified atom stereocenters. The van der Waals surface area contributed by atoms with E-state index in [1.807, 2.05) is 7.05 Å². The number of nitrogens with one attached hydrogen (secondary N) is 1. The molecule has 104 valence electrons. The normalized spacial score (nSPS) is 19.7. The Morgan fingerprint density at radius 3 is 2.74 bits per heavy atom. The highest BCUT2D eigenvalue weighted by atomic mass is 19.2. The molecule has 1 atom stereocenters. The fourth-order valence-corrected chi connectivity index (χ4v) is 2.28. The summed E-state index contributed by atoms with van der Waals surface area (Å²) in [5.41, 5.74) is -0.324. The molecule has 1 saturated heterocycles. The fourth-order valence-electron chi connectivity index (χ4n) is 2.28. The summed E-state index contributed by atoms with van der Waals surface area (Å²) in [5.74, 6) is -4.37. The molecule has 1 aromatic carbocycles. The maximum absolute atomic E-state index is 13.4. The van der Waals surface area contributed by atoms with Gasteiger partial charge in [-0.25, -0.2) is 13.2 Å². The molecule has 0 aliphatic carbocycles. The van der Waals surface area contributed by atoms with Crippen LogP contribution in [0.1, 0.15) is 12.8 Å². The summed E-state index contributed by atoms with van der Waals surface area (Å²) in [7, 11) is 1.97. The van der Waals surface area contributed by atoms with E-state index in [9.17, 15) is 18.0 Å². The van der Waals surface area contributed by atoms with Crippen LogP contribution in [0.2, 0.25) is 0 Å². The topological polar surface area (TPSA) is 32.3 Å². The summed E-state index contributed by atoms with van der Waals surface area (Å²) in [6, 6.07) is 1.81. The molecule has 1 aromatic rings. The number of halogens is 3. The largest absolute Gasteiger partial charge is 0.323 e. The van der Waals surface area contributed by atoms with Crippen LogP contribution in [0.3, 0.4) is 0 Å². The minimum absolute atomic E-state index is 0.221. The first-order valence-electron chi connectivity index (χ1n) is 6.09. The van der Waals surface area contributed by atoms with Crippen molar-refractivity contribution in [1.82, 2.24) is 4.90 Å². The summed E-state index contributed by atoms with van der Waals surface area (Å²) in [6.07, 6.45) is 1.16. The lowest BCUT2D eigenvalue weighted by atomic mass is 10.0. The standard InChI is InChI=1S/C13H15F3N2O/c1-18-5-4-8(7-18)6-11(19)17-10-3-2-9(14)12(15)13(10)16/h2-3,8H,4-7H2,1H3,(H,17,19). The van der Waals surface area contributed by atoms with Gasteiger partial charge in [0.25, 0.3) is 0 Å². The minimum atomic E-state index is -1.57. The van der Waals surface area contributed by atoms with Crippen LogP contribution < -0.4 is 5.32 Å². The first-order valence-corrected chi connectivity index (χ1v) is 6.09. The second kappa shape index (κ2) is 5.61. The Morgan fingerprint density at radius 2 is 2.11 bits per heavy atom. The van der Waals surface area contributed by atoms with Gasteiger partial charge >= 0.3 is 0 Å². The zero-order valence-corrected chi connectivity index (χ0v) is 10.5. The molecule has 3 nitrogen and oxygen atoms in total. The van der Waals surface area contributed by atoms with E-state index in [0.29, 0.717) is 0 Å². The van der Waals surface area contributed by atoms with Crippen molar-refractivity contribution in [3.05, 3.63) is 29.6 Å². The quantitative estimate of drug-likeness (QED) is 0.857. The highest BCUT2D eigenvalue weighted by Gasteiger charge is 2.23. The second-order valence-corrected chi connectivity index (χ2v) is 4.89. The number of hydrogen-bond acceptors (Lipinski definition) is 2. The number of carbonyl (C=O) groups excluding carboxylic acids is 1. The van der Waals surface area contributed by atoms with Gasteiger partial charge in [-0.1, -0.05) is 0 Å². The van der Waals surface area contributed by atoms with Gasteiger partial charge in [0.1, 0.15) is 0 Å². The van der Waals surface area contributed by atoms with Crippen LogP contribution in [0.25, 0.3) is 0 Å². The molecular formula is C13H15F3N2O. The van der Waals surface area contributed by atoms with Gasteiger partial charge in [0.15, 0.2) is 17.5 Å². The average molecular weight is 272 g/mol. The smallest absolute Gasteiger partial charge is 0.224 e. The van der Waals surface area contributed by atoms with Gasteiger partial charge in [0.2, 0.25) is 5.91 Å². The summed E-state index contributed by atoms with van der Waals surface area (Å²) in [5, 5.41) is 2.28. The Morgan fingerprint density at radius 1 is 1.37 bits per heavy atom. The van der Waals surface area contributed by atoms with Crippen molar-refractivity contribution >= 4 is 11.6 Å². The van der Waals surface area contributed by atoms with Gasteiger partial charge in [-0.05, 0) is 38.1 Å². The van der Waals surface area contributed by atoms with E-state index >= 15 is 0 Å². The van der Waals surface area contributed by atoms with Gasteiger partial charge in [-0.15, -0.1) is 0 Å². The highest BCUT2D eigenvalue weighted by molar-refractivity contribution is 5.91. The lowest BCUT2D eigenvalue weighted by Crippen LogP contribution is -2.20. The zero-order valence-electron chi connectivity index (χ0n) is 10.5. The van der Waals surface area contributed by atoms with Gasteiger partial charge in [-0.3, -0.25) is 4.79 Å². The number of hydrogen-bond donors (Lipinski definition) is 1. The van der Waals surface area contributed by atoms with Crippen LogP contribution >= 0.6 is 0 Å². The van der Waals surface area contributed by atoms with Crippen LogP contribution in [-0.2, 0) is 4.79 Å². The van der Waals surface area contributed by atoms with Gasteiger partial charge < -0.3 is 10.2 Å². The maximum Gasteiger partial charge on any atom is 0.224 e. The van der Waals surface area contributed by atoms with Crippen LogP contribution in [0.5, 0.6) is 0 Å². The Bertz CT molecular complexity index is 493. The molecule has 0 bridgehead atoms. The van der Waals surface area contributed by atoms with E-state index in [4.69, 9.17) is 0 Å². The second-order valence-electron chi connectivity index (χ2n) is 4.89. The molecule has 0 radical (unpaired) electrons. The van der Waals surface area contributed by atoms with Crippen LogP contribution in [0.15, 0.2) is 12.1 Å². The first-order chi connectivity index (χ1) is 8.97. The Balaban J connectivity index is 1.97. The predicted molar refractivity (Wildman–Crippen MR) is 65.2 cm³/mol. The summed E-state index contributed by atoms with van der Waals surface area (Å²) < 4.78 is 39.1. The number of amides is 1. The van der Waals surface area contributed by atoms with Crippen LogP contribution in [0.4, 0.5) is 18.9 Å². The molecule has 19 heavy (non-hydrogen) atoms. The molecule has 6 heteroatoms. The van der Waals surface area contributed by atoms with Gasteiger partial charge in [-0.2, -0.15) is 0 Å². The molecule has 0 spiro atoms. The lowest BCUT2D eigenvalue weighted by molar-refractivity contribution is -0.117. The third-order valence-corrected chi connectivity index (χ3v) is 3.27. The Hall–Kier alpha value is -1.56. The maximum atomic E-state index is 13.4. The van der Waals surface area contributed by atoms with E-state index in [-0.39, 0.29) is 23.9 Å². The van der Waals surface area contributed by atoms with Crippen LogP contribution in [-0.4, -0.2) is 30.9 Å². The highest BCUT2D eigenvalue weighted by Crippen LogP contribution is 2.22. The van der Waals surface area contributed by atoms with E-state index in [2.05, 4.69) is 10.2 Å². The van der Waals surface area contributed by atoms with Crippen molar-refractivity contribution in [3.8, 4) is 0 Å². The van der Waals surface area contributed by atoms with E-state index in [1.165, 1.54) is 0 Å². The zero-order chi connectivity index (χ0) is 14.0. The number of carbonyl (C=O) groups is 1. The lowest BCUT2D eigenvalue weighted by Gasteiger charge is -2.11. The number of nitrogens with zero attached hydrogens (tertiary/aromatic N) is 1. The minimum Gasteiger partial charge on any atom is -0.323 e. The van der Waals surface area contributed by atoms with Crippen molar-refractivity contribution in [1.29, 1.82) is 0 Å². The summed E-state index contributed by atoms with van der Waals surface area (Å²) in [6.45, 7) is 1.74.